The second-order valence-electron chi connectivity index (χ2n) is 3.64. The summed E-state index contributed by atoms with van der Waals surface area (Å²) in [6, 6.07) is 5.62. The zero-order valence-electron chi connectivity index (χ0n) is 9.16. The van der Waals surface area contributed by atoms with Gasteiger partial charge >= 0.3 is 0 Å². The first-order valence-electron chi connectivity index (χ1n) is 4.98. The first-order valence-corrected chi connectivity index (χ1v) is 4.98. The number of hydrogen-bond donors (Lipinski definition) is 2. The highest BCUT2D eigenvalue weighted by atomic mass is 19.1. The lowest BCUT2D eigenvalue weighted by Gasteiger charge is -2.04. The summed E-state index contributed by atoms with van der Waals surface area (Å²) < 4.78 is 17.9. The summed E-state index contributed by atoms with van der Waals surface area (Å²) in [4.78, 5) is 11.7. The number of halogens is 1. The number of nitrogen functional groups attached to an aromatic ring is 1. The van der Waals surface area contributed by atoms with E-state index in [0.29, 0.717) is 17.0 Å². The van der Waals surface area contributed by atoms with Crippen LogP contribution in [0.25, 0.3) is 0 Å². The van der Waals surface area contributed by atoms with E-state index in [2.05, 4.69) is 5.32 Å². The summed E-state index contributed by atoms with van der Waals surface area (Å²) in [7, 11) is 0. The smallest absolute Gasteiger partial charge is 0.258 e. The topological polar surface area (TPSA) is 68.3 Å². The molecule has 1 heterocycles. The van der Waals surface area contributed by atoms with Crippen molar-refractivity contribution in [2.45, 2.75) is 6.92 Å². The number of carbonyl (C=O) groups is 1. The molecule has 0 unspecified atom stereocenters. The maximum atomic E-state index is 12.9. The molecular weight excluding hydrogens is 223 g/mol. The Balaban J connectivity index is 2.15. The third-order valence-electron chi connectivity index (χ3n) is 2.25. The standard InChI is InChI=1S/C12H11FN2O2/c1-7-4-8(6-17-7)12(16)15-9-2-3-10(13)11(14)5-9/h2-6H,14H2,1H3,(H,15,16). The summed E-state index contributed by atoms with van der Waals surface area (Å²) in [6.45, 7) is 1.74. The summed E-state index contributed by atoms with van der Waals surface area (Å²) in [5.41, 5.74) is 6.23. The Hall–Kier alpha value is -2.30. The van der Waals surface area contributed by atoms with Crippen LogP contribution in [0.15, 0.2) is 34.9 Å². The Morgan fingerprint density at radius 3 is 2.76 bits per heavy atom. The first kappa shape index (κ1) is 11.2. The van der Waals surface area contributed by atoms with Gasteiger partial charge in [0.15, 0.2) is 0 Å². The van der Waals surface area contributed by atoms with E-state index in [1.54, 1.807) is 13.0 Å². The normalized spacial score (nSPS) is 10.2. The Kier molecular flexibility index (Phi) is 2.82. The van der Waals surface area contributed by atoms with Gasteiger partial charge in [0.1, 0.15) is 17.8 Å². The predicted molar refractivity (Wildman–Crippen MR) is 62.2 cm³/mol. The molecule has 3 N–H and O–H groups in total. The third-order valence-corrected chi connectivity index (χ3v) is 2.25. The number of amides is 1. The number of hydrogen-bond acceptors (Lipinski definition) is 3. The van der Waals surface area contributed by atoms with Crippen LogP contribution >= 0.6 is 0 Å². The second-order valence-corrected chi connectivity index (χ2v) is 3.64. The van der Waals surface area contributed by atoms with Crippen molar-refractivity contribution in [2.75, 3.05) is 11.1 Å². The highest BCUT2D eigenvalue weighted by molar-refractivity contribution is 6.04. The minimum atomic E-state index is -0.512. The number of rotatable bonds is 2. The summed E-state index contributed by atoms with van der Waals surface area (Å²) in [5.74, 6) is -0.191. The van der Waals surface area contributed by atoms with E-state index < -0.39 is 5.82 Å². The van der Waals surface area contributed by atoms with Crippen molar-refractivity contribution in [3.05, 3.63) is 47.7 Å². The molecule has 0 saturated carbocycles. The van der Waals surface area contributed by atoms with Gasteiger partial charge in [0.2, 0.25) is 0 Å². The Morgan fingerprint density at radius 1 is 1.41 bits per heavy atom. The minimum absolute atomic E-state index is 0.00817. The van der Waals surface area contributed by atoms with Gasteiger partial charge in [-0.25, -0.2) is 4.39 Å². The molecule has 4 nitrogen and oxygen atoms in total. The van der Waals surface area contributed by atoms with Crippen LogP contribution in [0.5, 0.6) is 0 Å². The van der Waals surface area contributed by atoms with Gasteiger partial charge in [-0.2, -0.15) is 0 Å². The van der Waals surface area contributed by atoms with Gasteiger partial charge in [-0.15, -0.1) is 0 Å². The van der Waals surface area contributed by atoms with Crippen molar-refractivity contribution in [1.82, 2.24) is 0 Å². The van der Waals surface area contributed by atoms with Crippen LogP contribution in [-0.2, 0) is 0 Å². The molecule has 0 bridgehead atoms. The molecule has 0 atom stereocenters. The van der Waals surface area contributed by atoms with E-state index in [1.165, 1.54) is 24.5 Å². The van der Waals surface area contributed by atoms with Gasteiger partial charge in [0, 0.05) is 5.69 Å². The van der Waals surface area contributed by atoms with E-state index in [9.17, 15) is 9.18 Å². The Labute approximate surface area is 97.2 Å². The average molecular weight is 234 g/mol. The number of anilines is 2. The fraction of sp³-hybridized carbons (Fsp3) is 0.0833. The monoisotopic (exact) mass is 234 g/mol. The van der Waals surface area contributed by atoms with Crippen LogP contribution in [-0.4, -0.2) is 5.91 Å². The quantitative estimate of drug-likeness (QED) is 0.784. The molecule has 0 aliphatic carbocycles. The molecule has 0 aliphatic heterocycles. The van der Waals surface area contributed by atoms with Gasteiger partial charge < -0.3 is 15.5 Å². The molecule has 1 amide bonds. The van der Waals surface area contributed by atoms with Crippen LogP contribution in [0.4, 0.5) is 15.8 Å². The van der Waals surface area contributed by atoms with E-state index in [0.717, 1.165) is 0 Å². The van der Waals surface area contributed by atoms with E-state index in [4.69, 9.17) is 10.2 Å². The zero-order valence-corrected chi connectivity index (χ0v) is 9.16. The van der Waals surface area contributed by atoms with Crippen LogP contribution in [0.3, 0.4) is 0 Å². The molecule has 0 saturated heterocycles. The maximum absolute atomic E-state index is 12.9. The van der Waals surface area contributed by atoms with Crippen LogP contribution < -0.4 is 11.1 Å². The van der Waals surface area contributed by atoms with Crippen LogP contribution in [0, 0.1) is 12.7 Å². The van der Waals surface area contributed by atoms with E-state index >= 15 is 0 Å². The highest BCUT2D eigenvalue weighted by Gasteiger charge is 2.09. The largest absolute Gasteiger partial charge is 0.469 e. The average Bonchev–Trinajstić information content (AvgIpc) is 2.70. The number of nitrogens with one attached hydrogen (secondary N) is 1. The summed E-state index contributed by atoms with van der Waals surface area (Å²) in [5, 5.41) is 2.59. The number of benzene rings is 1. The molecule has 2 rings (SSSR count). The van der Waals surface area contributed by atoms with E-state index in [1.807, 2.05) is 0 Å². The van der Waals surface area contributed by atoms with E-state index in [-0.39, 0.29) is 11.6 Å². The van der Waals surface area contributed by atoms with Gasteiger partial charge in [-0.3, -0.25) is 4.79 Å². The molecule has 0 spiro atoms. The third kappa shape index (κ3) is 2.44. The predicted octanol–water partition coefficient (Wildman–Crippen LogP) is 2.56. The number of furan rings is 1. The fourth-order valence-electron chi connectivity index (χ4n) is 1.39. The lowest BCUT2D eigenvalue weighted by atomic mass is 10.2. The zero-order chi connectivity index (χ0) is 12.4. The molecule has 2 aromatic rings. The first-order chi connectivity index (χ1) is 8.06. The summed E-state index contributed by atoms with van der Waals surface area (Å²) in [6.07, 6.45) is 1.36. The number of nitrogens with two attached hydrogens (primary N) is 1. The molecule has 0 fully saturated rings. The lowest BCUT2D eigenvalue weighted by molar-refractivity contribution is 0.102. The van der Waals surface area contributed by atoms with Crippen LogP contribution in [0.2, 0.25) is 0 Å². The molecule has 17 heavy (non-hydrogen) atoms. The van der Waals surface area contributed by atoms with Gasteiger partial charge in [0.25, 0.3) is 5.91 Å². The lowest BCUT2D eigenvalue weighted by Crippen LogP contribution is -2.11. The van der Waals surface area contributed by atoms with Gasteiger partial charge in [-0.05, 0) is 31.2 Å². The maximum Gasteiger partial charge on any atom is 0.258 e. The van der Waals surface area contributed by atoms with Crippen molar-refractivity contribution in [1.29, 1.82) is 0 Å². The van der Waals surface area contributed by atoms with Crippen molar-refractivity contribution in [3.8, 4) is 0 Å². The van der Waals surface area contributed by atoms with Crippen molar-refractivity contribution < 1.29 is 13.6 Å². The molecule has 1 aromatic carbocycles. The SMILES string of the molecule is Cc1cc(C(=O)Nc2ccc(F)c(N)c2)co1. The summed E-state index contributed by atoms with van der Waals surface area (Å²) >= 11 is 0. The second kappa shape index (κ2) is 4.29. The van der Waals surface area contributed by atoms with Crippen LogP contribution in [0.1, 0.15) is 16.1 Å². The minimum Gasteiger partial charge on any atom is -0.469 e. The van der Waals surface area contributed by atoms with Gasteiger partial charge in [0.05, 0.1) is 11.3 Å². The molecule has 88 valence electrons. The Morgan fingerprint density at radius 2 is 2.18 bits per heavy atom. The van der Waals surface area contributed by atoms with Crippen molar-refractivity contribution in [3.63, 3.8) is 0 Å². The van der Waals surface area contributed by atoms with Gasteiger partial charge in [-0.1, -0.05) is 0 Å². The molecule has 0 aliphatic rings. The molecule has 0 radical (unpaired) electrons. The Bertz CT molecular complexity index is 563. The number of aryl methyl sites for hydroxylation is 1. The van der Waals surface area contributed by atoms with Crippen molar-refractivity contribution in [2.24, 2.45) is 0 Å². The van der Waals surface area contributed by atoms with Crippen molar-refractivity contribution >= 4 is 17.3 Å². The number of carbonyl (C=O) groups excluding carboxylic acids is 1. The molecular formula is C12H11FN2O2. The highest BCUT2D eigenvalue weighted by Crippen LogP contribution is 2.17. The molecule has 1 aromatic heterocycles. The fourth-order valence-corrected chi connectivity index (χ4v) is 1.39. The molecule has 5 heteroatoms.